The Morgan fingerprint density at radius 1 is 1.25 bits per heavy atom. The van der Waals surface area contributed by atoms with Gasteiger partial charge in [0.15, 0.2) is 5.75 Å². The maximum absolute atomic E-state index is 11.8. The van der Waals surface area contributed by atoms with Crippen molar-refractivity contribution in [1.82, 2.24) is 9.47 Å². The average molecular weight is 278 g/mol. The van der Waals surface area contributed by atoms with Gasteiger partial charge in [0.2, 0.25) is 5.43 Å². The number of aromatic nitrogens is 1. The topological polar surface area (TPSA) is 45.5 Å². The van der Waals surface area contributed by atoms with E-state index in [-0.39, 0.29) is 11.2 Å². The Hall–Kier alpha value is -1.29. The van der Waals surface area contributed by atoms with Crippen LogP contribution in [0.25, 0.3) is 0 Å². The summed E-state index contributed by atoms with van der Waals surface area (Å²) in [4.78, 5) is 14.0. The minimum absolute atomic E-state index is 0.126. The van der Waals surface area contributed by atoms with Gasteiger partial charge in [-0.15, -0.1) is 0 Å². The third-order valence-corrected chi connectivity index (χ3v) is 4.39. The molecule has 4 heteroatoms. The Bertz CT molecular complexity index is 486. The van der Waals surface area contributed by atoms with Crippen molar-refractivity contribution in [3.05, 3.63) is 28.2 Å². The average Bonchev–Trinajstić information content (AvgIpc) is 2.48. The molecule has 1 aliphatic rings. The predicted octanol–water partition coefficient (Wildman–Crippen LogP) is 2.90. The second-order valence-electron chi connectivity index (χ2n) is 5.67. The summed E-state index contributed by atoms with van der Waals surface area (Å²) in [7, 11) is 0. The number of pyridine rings is 1. The van der Waals surface area contributed by atoms with E-state index >= 15 is 0 Å². The summed E-state index contributed by atoms with van der Waals surface area (Å²) in [5.41, 5.74) is 0.766. The third-order valence-electron chi connectivity index (χ3n) is 4.39. The normalized spacial score (nSPS) is 16.8. The molecule has 0 radical (unpaired) electrons. The van der Waals surface area contributed by atoms with Crippen molar-refractivity contribution in [3.63, 3.8) is 0 Å². The van der Waals surface area contributed by atoms with Gasteiger partial charge in [-0.1, -0.05) is 33.1 Å². The Kier molecular flexibility index (Phi) is 5.24. The lowest BCUT2D eigenvalue weighted by Crippen LogP contribution is -2.27. The molecule has 1 aliphatic carbocycles. The van der Waals surface area contributed by atoms with Gasteiger partial charge in [0, 0.05) is 24.3 Å². The molecule has 0 spiro atoms. The van der Waals surface area contributed by atoms with Gasteiger partial charge in [-0.2, -0.15) is 0 Å². The molecule has 1 heterocycles. The molecule has 1 aromatic rings. The van der Waals surface area contributed by atoms with E-state index in [9.17, 15) is 9.90 Å². The van der Waals surface area contributed by atoms with Crippen molar-refractivity contribution in [1.29, 1.82) is 0 Å². The first-order valence-electron chi connectivity index (χ1n) is 7.82. The van der Waals surface area contributed by atoms with Crippen LogP contribution < -0.4 is 5.43 Å². The van der Waals surface area contributed by atoms with Gasteiger partial charge in [0.05, 0.1) is 6.20 Å². The fourth-order valence-corrected chi connectivity index (χ4v) is 3.08. The van der Waals surface area contributed by atoms with Crippen molar-refractivity contribution < 1.29 is 5.11 Å². The molecule has 1 fully saturated rings. The molecular formula is C16H26N2O2. The highest BCUT2D eigenvalue weighted by Gasteiger charge is 2.19. The SMILES string of the molecule is CCN(CC)Cc1cc(=O)c(O)cn1C1CCCCC1. The zero-order valence-corrected chi connectivity index (χ0v) is 12.6. The van der Waals surface area contributed by atoms with Gasteiger partial charge in [-0.05, 0) is 25.9 Å². The summed E-state index contributed by atoms with van der Waals surface area (Å²) < 4.78 is 2.15. The summed E-state index contributed by atoms with van der Waals surface area (Å²) in [5, 5.41) is 9.76. The lowest BCUT2D eigenvalue weighted by Gasteiger charge is -2.29. The molecule has 4 nitrogen and oxygen atoms in total. The van der Waals surface area contributed by atoms with E-state index in [2.05, 4.69) is 23.3 Å². The summed E-state index contributed by atoms with van der Waals surface area (Å²) >= 11 is 0. The highest BCUT2D eigenvalue weighted by atomic mass is 16.3. The van der Waals surface area contributed by atoms with Gasteiger partial charge < -0.3 is 9.67 Å². The second kappa shape index (κ2) is 6.93. The first kappa shape index (κ1) is 15.1. The van der Waals surface area contributed by atoms with Crippen LogP contribution in [-0.2, 0) is 6.54 Å². The molecule has 0 amide bonds. The zero-order chi connectivity index (χ0) is 14.5. The van der Waals surface area contributed by atoms with Crippen LogP contribution in [0.1, 0.15) is 57.7 Å². The molecule has 1 N–H and O–H groups in total. The van der Waals surface area contributed by atoms with Crippen LogP contribution >= 0.6 is 0 Å². The summed E-state index contributed by atoms with van der Waals surface area (Å²) in [6.07, 6.45) is 7.72. The summed E-state index contributed by atoms with van der Waals surface area (Å²) in [6, 6.07) is 2.04. The van der Waals surface area contributed by atoms with E-state index in [1.807, 2.05) is 0 Å². The maximum Gasteiger partial charge on any atom is 0.223 e. The van der Waals surface area contributed by atoms with E-state index in [0.29, 0.717) is 6.04 Å². The van der Waals surface area contributed by atoms with Gasteiger partial charge in [-0.25, -0.2) is 0 Å². The van der Waals surface area contributed by atoms with Gasteiger partial charge in [0.1, 0.15) is 0 Å². The molecule has 0 unspecified atom stereocenters. The lowest BCUT2D eigenvalue weighted by molar-refractivity contribution is 0.270. The fourth-order valence-electron chi connectivity index (χ4n) is 3.08. The van der Waals surface area contributed by atoms with Gasteiger partial charge in [0.25, 0.3) is 0 Å². The quantitative estimate of drug-likeness (QED) is 0.900. The van der Waals surface area contributed by atoms with Crippen LogP contribution in [0.3, 0.4) is 0 Å². The number of aromatic hydroxyl groups is 1. The minimum atomic E-state index is -0.265. The third kappa shape index (κ3) is 3.42. The number of hydrogen-bond acceptors (Lipinski definition) is 3. The predicted molar refractivity (Wildman–Crippen MR) is 81.1 cm³/mol. The molecule has 2 rings (SSSR count). The van der Waals surface area contributed by atoms with E-state index in [0.717, 1.165) is 38.2 Å². The van der Waals surface area contributed by atoms with E-state index < -0.39 is 0 Å². The highest BCUT2D eigenvalue weighted by Crippen LogP contribution is 2.29. The molecule has 112 valence electrons. The molecule has 0 bridgehead atoms. The van der Waals surface area contributed by atoms with Gasteiger partial charge >= 0.3 is 0 Å². The maximum atomic E-state index is 11.8. The largest absolute Gasteiger partial charge is 0.503 e. The van der Waals surface area contributed by atoms with E-state index in [1.54, 1.807) is 12.3 Å². The number of nitrogens with zero attached hydrogens (tertiary/aromatic N) is 2. The minimum Gasteiger partial charge on any atom is -0.503 e. The van der Waals surface area contributed by atoms with Gasteiger partial charge in [-0.3, -0.25) is 9.69 Å². The highest BCUT2D eigenvalue weighted by molar-refractivity contribution is 5.21. The molecular weight excluding hydrogens is 252 g/mol. The Balaban J connectivity index is 2.32. The van der Waals surface area contributed by atoms with Crippen molar-refractivity contribution in [3.8, 4) is 5.75 Å². The van der Waals surface area contributed by atoms with Crippen LogP contribution in [0.15, 0.2) is 17.1 Å². The molecule has 1 saturated carbocycles. The fraction of sp³-hybridized carbons (Fsp3) is 0.688. The molecule has 20 heavy (non-hydrogen) atoms. The number of hydrogen-bond donors (Lipinski definition) is 1. The summed E-state index contributed by atoms with van der Waals surface area (Å²) in [6.45, 7) is 6.98. The van der Waals surface area contributed by atoms with Crippen molar-refractivity contribution >= 4 is 0 Å². The van der Waals surface area contributed by atoms with Crippen molar-refractivity contribution in [2.75, 3.05) is 13.1 Å². The Morgan fingerprint density at radius 2 is 1.90 bits per heavy atom. The van der Waals surface area contributed by atoms with Crippen LogP contribution in [0.5, 0.6) is 5.75 Å². The molecule has 0 aromatic carbocycles. The molecule has 0 atom stereocenters. The first-order chi connectivity index (χ1) is 9.65. The zero-order valence-electron chi connectivity index (χ0n) is 12.6. The number of rotatable bonds is 5. The monoisotopic (exact) mass is 278 g/mol. The van der Waals surface area contributed by atoms with E-state index in [1.165, 1.54) is 19.3 Å². The van der Waals surface area contributed by atoms with E-state index in [4.69, 9.17) is 0 Å². The first-order valence-corrected chi connectivity index (χ1v) is 7.82. The Morgan fingerprint density at radius 3 is 2.50 bits per heavy atom. The smallest absolute Gasteiger partial charge is 0.223 e. The molecule has 0 saturated heterocycles. The molecule has 1 aromatic heterocycles. The standard InChI is InChI=1S/C16H26N2O2/c1-3-17(4-2)11-14-10-15(19)16(20)12-18(14)13-8-6-5-7-9-13/h10,12-13,20H,3-9,11H2,1-2H3. The van der Waals surface area contributed by atoms with Crippen molar-refractivity contribution in [2.45, 2.75) is 58.5 Å². The molecule has 0 aliphatic heterocycles. The van der Waals surface area contributed by atoms with Crippen LogP contribution in [-0.4, -0.2) is 27.7 Å². The second-order valence-corrected chi connectivity index (χ2v) is 5.67. The lowest BCUT2D eigenvalue weighted by atomic mass is 9.95. The van der Waals surface area contributed by atoms with Crippen LogP contribution in [0.2, 0.25) is 0 Å². The van der Waals surface area contributed by atoms with Crippen LogP contribution in [0.4, 0.5) is 0 Å². The Labute approximate surface area is 121 Å². The summed E-state index contributed by atoms with van der Waals surface area (Å²) in [5.74, 6) is -0.126. The van der Waals surface area contributed by atoms with Crippen molar-refractivity contribution in [2.24, 2.45) is 0 Å². The van der Waals surface area contributed by atoms with Crippen LogP contribution in [0, 0.1) is 0 Å².